The number of rotatable bonds is 2. The first-order valence-corrected chi connectivity index (χ1v) is 7.28. The predicted molar refractivity (Wildman–Crippen MR) is 90.5 cm³/mol. The Morgan fingerprint density at radius 3 is 2.04 bits per heavy atom. The van der Waals surface area contributed by atoms with Gasteiger partial charge in [0.05, 0.1) is 0 Å². The van der Waals surface area contributed by atoms with Gasteiger partial charge in [0.25, 0.3) is 0 Å². The van der Waals surface area contributed by atoms with E-state index in [1.54, 1.807) is 6.07 Å². The molecule has 5 nitrogen and oxygen atoms in total. The minimum absolute atomic E-state index is 0.0894. The molecule has 0 heterocycles. The summed E-state index contributed by atoms with van der Waals surface area (Å²) in [5, 5.41) is 14.3. The van der Waals surface area contributed by atoms with Gasteiger partial charge in [0.2, 0.25) is 0 Å². The Morgan fingerprint density at radius 2 is 1.43 bits per heavy atom. The number of para-hydroxylation sites is 1. The standard InChI is InChI=1S/C18H20N2O3/c1-18(2,3)14-6-4-5-7-15(14)20-17(23)16(22)19-12-8-10-13(21)11-9-12/h4-11,21H,1-3H3,(H,19,22)(H,20,23). The average molecular weight is 312 g/mol. The van der Waals surface area contributed by atoms with Crippen LogP contribution in [0.3, 0.4) is 0 Å². The molecule has 0 aromatic heterocycles. The normalized spacial score (nSPS) is 10.9. The molecule has 2 aromatic rings. The van der Waals surface area contributed by atoms with Gasteiger partial charge in [-0.1, -0.05) is 39.0 Å². The van der Waals surface area contributed by atoms with Crippen LogP contribution in [0.4, 0.5) is 11.4 Å². The second-order valence-corrected chi connectivity index (χ2v) is 6.25. The highest BCUT2D eigenvalue weighted by molar-refractivity contribution is 6.43. The number of anilines is 2. The molecule has 3 N–H and O–H groups in total. The summed E-state index contributed by atoms with van der Waals surface area (Å²) < 4.78 is 0. The fourth-order valence-corrected chi connectivity index (χ4v) is 2.16. The molecular formula is C18H20N2O3. The van der Waals surface area contributed by atoms with Crippen LogP contribution in [0.1, 0.15) is 26.3 Å². The van der Waals surface area contributed by atoms with E-state index in [1.807, 2.05) is 39.0 Å². The number of hydrogen-bond donors (Lipinski definition) is 3. The Kier molecular flexibility index (Phi) is 4.69. The minimum Gasteiger partial charge on any atom is -0.508 e. The summed E-state index contributed by atoms with van der Waals surface area (Å²) >= 11 is 0. The summed E-state index contributed by atoms with van der Waals surface area (Å²) in [6.07, 6.45) is 0. The number of aromatic hydroxyl groups is 1. The van der Waals surface area contributed by atoms with E-state index >= 15 is 0 Å². The predicted octanol–water partition coefficient (Wildman–Crippen LogP) is 3.27. The number of nitrogens with one attached hydrogen (secondary N) is 2. The van der Waals surface area contributed by atoms with Crippen LogP contribution >= 0.6 is 0 Å². The molecule has 0 unspecified atom stereocenters. The quantitative estimate of drug-likeness (QED) is 0.588. The fourth-order valence-electron chi connectivity index (χ4n) is 2.16. The van der Waals surface area contributed by atoms with Crippen LogP contribution < -0.4 is 10.6 Å². The maximum absolute atomic E-state index is 12.1. The number of hydrogen-bond acceptors (Lipinski definition) is 3. The van der Waals surface area contributed by atoms with Crippen molar-refractivity contribution in [3.63, 3.8) is 0 Å². The van der Waals surface area contributed by atoms with Crippen molar-refractivity contribution in [2.45, 2.75) is 26.2 Å². The number of phenolic OH excluding ortho intramolecular Hbond substituents is 1. The SMILES string of the molecule is CC(C)(C)c1ccccc1NC(=O)C(=O)Nc1ccc(O)cc1. The molecule has 0 aliphatic heterocycles. The molecule has 0 saturated carbocycles. The largest absolute Gasteiger partial charge is 0.508 e. The Labute approximate surface area is 135 Å². The highest BCUT2D eigenvalue weighted by Crippen LogP contribution is 2.29. The summed E-state index contributed by atoms with van der Waals surface area (Å²) in [4.78, 5) is 24.1. The first kappa shape index (κ1) is 16.5. The van der Waals surface area contributed by atoms with E-state index < -0.39 is 11.8 Å². The van der Waals surface area contributed by atoms with Crippen LogP contribution in [0.15, 0.2) is 48.5 Å². The summed E-state index contributed by atoms with van der Waals surface area (Å²) in [5.74, 6) is -1.42. The molecule has 0 fully saturated rings. The third kappa shape index (κ3) is 4.32. The third-order valence-electron chi connectivity index (χ3n) is 3.31. The van der Waals surface area contributed by atoms with Gasteiger partial charge in [-0.2, -0.15) is 0 Å². The molecule has 0 saturated heterocycles. The van der Waals surface area contributed by atoms with Gasteiger partial charge in [0, 0.05) is 11.4 Å². The lowest BCUT2D eigenvalue weighted by molar-refractivity contribution is -0.133. The second kappa shape index (κ2) is 6.52. The van der Waals surface area contributed by atoms with Crippen LogP contribution in [0, 0.1) is 0 Å². The van der Waals surface area contributed by atoms with Gasteiger partial charge in [0.15, 0.2) is 0 Å². The van der Waals surface area contributed by atoms with Crippen LogP contribution in [0.5, 0.6) is 5.75 Å². The number of carbonyl (C=O) groups is 2. The van der Waals surface area contributed by atoms with Crippen molar-refractivity contribution in [3.8, 4) is 5.75 Å². The monoisotopic (exact) mass is 312 g/mol. The van der Waals surface area contributed by atoms with Gasteiger partial charge in [-0.15, -0.1) is 0 Å². The lowest BCUT2D eigenvalue weighted by Gasteiger charge is -2.22. The second-order valence-electron chi connectivity index (χ2n) is 6.25. The molecule has 2 aromatic carbocycles. The first-order chi connectivity index (χ1) is 10.8. The van der Waals surface area contributed by atoms with E-state index in [9.17, 15) is 14.7 Å². The zero-order chi connectivity index (χ0) is 17.0. The number of benzene rings is 2. The van der Waals surface area contributed by atoms with Gasteiger partial charge in [-0.25, -0.2) is 0 Å². The van der Waals surface area contributed by atoms with Crippen molar-refractivity contribution in [1.29, 1.82) is 0 Å². The van der Waals surface area contributed by atoms with E-state index in [2.05, 4.69) is 10.6 Å². The zero-order valence-corrected chi connectivity index (χ0v) is 13.4. The molecule has 23 heavy (non-hydrogen) atoms. The van der Waals surface area contributed by atoms with Crippen LogP contribution in [-0.4, -0.2) is 16.9 Å². The highest BCUT2D eigenvalue weighted by atomic mass is 16.3. The Bertz CT molecular complexity index is 716. The van der Waals surface area contributed by atoms with E-state index in [-0.39, 0.29) is 11.2 Å². The topological polar surface area (TPSA) is 78.4 Å². The Balaban J connectivity index is 2.10. The van der Waals surface area contributed by atoms with Crippen LogP contribution in [0.2, 0.25) is 0 Å². The third-order valence-corrected chi connectivity index (χ3v) is 3.31. The molecule has 0 spiro atoms. The Morgan fingerprint density at radius 1 is 0.870 bits per heavy atom. The molecule has 2 amide bonds. The maximum atomic E-state index is 12.1. The van der Waals surface area contributed by atoms with Gasteiger partial charge in [-0.3, -0.25) is 9.59 Å². The van der Waals surface area contributed by atoms with Crippen molar-refractivity contribution in [2.75, 3.05) is 10.6 Å². The summed E-state index contributed by atoms with van der Waals surface area (Å²) in [5.41, 5.74) is 1.85. The number of phenols is 1. The molecule has 0 radical (unpaired) electrons. The molecule has 0 aliphatic rings. The molecule has 5 heteroatoms. The lowest BCUT2D eigenvalue weighted by Crippen LogP contribution is -2.30. The van der Waals surface area contributed by atoms with E-state index in [0.717, 1.165) is 5.56 Å². The molecule has 0 atom stereocenters. The van der Waals surface area contributed by atoms with Gasteiger partial charge in [-0.05, 0) is 41.3 Å². The lowest BCUT2D eigenvalue weighted by atomic mass is 9.86. The van der Waals surface area contributed by atoms with Crippen LogP contribution in [-0.2, 0) is 15.0 Å². The summed E-state index contributed by atoms with van der Waals surface area (Å²) in [6.45, 7) is 6.11. The van der Waals surface area contributed by atoms with Crippen molar-refractivity contribution >= 4 is 23.2 Å². The zero-order valence-electron chi connectivity index (χ0n) is 13.4. The van der Waals surface area contributed by atoms with Crippen molar-refractivity contribution in [2.24, 2.45) is 0 Å². The van der Waals surface area contributed by atoms with Gasteiger partial charge < -0.3 is 15.7 Å². The van der Waals surface area contributed by atoms with E-state index in [1.165, 1.54) is 24.3 Å². The minimum atomic E-state index is -0.764. The van der Waals surface area contributed by atoms with E-state index in [0.29, 0.717) is 11.4 Å². The van der Waals surface area contributed by atoms with Gasteiger partial charge >= 0.3 is 11.8 Å². The average Bonchev–Trinajstić information content (AvgIpc) is 2.49. The van der Waals surface area contributed by atoms with Crippen LogP contribution in [0.25, 0.3) is 0 Å². The van der Waals surface area contributed by atoms with E-state index in [4.69, 9.17) is 0 Å². The van der Waals surface area contributed by atoms with Crippen molar-refractivity contribution < 1.29 is 14.7 Å². The number of amides is 2. The molecule has 0 aliphatic carbocycles. The first-order valence-electron chi connectivity index (χ1n) is 7.28. The number of carbonyl (C=O) groups excluding carboxylic acids is 2. The molecule has 2 rings (SSSR count). The molecule has 120 valence electrons. The Hall–Kier alpha value is -2.82. The van der Waals surface area contributed by atoms with Crippen molar-refractivity contribution in [3.05, 3.63) is 54.1 Å². The van der Waals surface area contributed by atoms with Gasteiger partial charge in [0.1, 0.15) is 5.75 Å². The smallest absolute Gasteiger partial charge is 0.314 e. The maximum Gasteiger partial charge on any atom is 0.314 e. The molecule has 0 bridgehead atoms. The summed E-state index contributed by atoms with van der Waals surface area (Å²) in [6, 6.07) is 13.3. The summed E-state index contributed by atoms with van der Waals surface area (Å²) in [7, 11) is 0. The molecular weight excluding hydrogens is 292 g/mol. The highest BCUT2D eigenvalue weighted by Gasteiger charge is 2.21. The van der Waals surface area contributed by atoms with Crippen molar-refractivity contribution in [1.82, 2.24) is 0 Å². The fraction of sp³-hybridized carbons (Fsp3) is 0.222.